The van der Waals surface area contributed by atoms with Crippen LogP contribution in [0.2, 0.25) is 0 Å². The Morgan fingerprint density at radius 3 is 2.86 bits per heavy atom. The highest BCUT2D eigenvalue weighted by molar-refractivity contribution is 7.10. The summed E-state index contributed by atoms with van der Waals surface area (Å²) in [5.41, 5.74) is 6.46. The van der Waals surface area contributed by atoms with Crippen LogP contribution in [0, 0.1) is 11.3 Å². The van der Waals surface area contributed by atoms with E-state index in [1.165, 1.54) is 11.3 Å². The molecule has 21 heavy (non-hydrogen) atoms. The average molecular weight is 304 g/mol. The van der Waals surface area contributed by atoms with Gasteiger partial charge < -0.3 is 15.2 Å². The van der Waals surface area contributed by atoms with Crippen molar-refractivity contribution in [3.05, 3.63) is 45.2 Å². The average Bonchev–Trinajstić information content (AvgIpc) is 2.99. The topological polar surface area (TPSA) is 85.3 Å². The molecule has 0 radical (unpaired) electrons. The summed E-state index contributed by atoms with van der Waals surface area (Å²) >= 11 is 1.46. The van der Waals surface area contributed by atoms with Crippen LogP contribution in [0.1, 0.15) is 31.1 Å². The second-order valence-electron chi connectivity index (χ2n) is 4.35. The molecule has 1 atom stereocenters. The number of hydrogen-bond donors (Lipinski definition) is 1. The van der Waals surface area contributed by atoms with Gasteiger partial charge in [0.1, 0.15) is 17.4 Å². The van der Waals surface area contributed by atoms with E-state index < -0.39 is 11.9 Å². The standard InChI is InChI=1S/C15H16N2O3S/c1-3-10-13(15(18)19-4-2)12(11-6-5-7-21-11)9(8-16)14(17)20-10/h5-7,12H,3-4,17H2,1-2H3/t12-/m0/s1. The van der Waals surface area contributed by atoms with E-state index in [0.717, 1.165) is 4.88 Å². The van der Waals surface area contributed by atoms with Crippen LogP contribution in [0.3, 0.4) is 0 Å². The molecule has 2 rings (SSSR count). The van der Waals surface area contributed by atoms with E-state index in [9.17, 15) is 10.1 Å². The summed E-state index contributed by atoms with van der Waals surface area (Å²) < 4.78 is 10.6. The Hall–Kier alpha value is -2.26. The molecule has 0 aromatic carbocycles. The van der Waals surface area contributed by atoms with E-state index in [4.69, 9.17) is 15.2 Å². The normalized spacial score (nSPS) is 18.2. The molecule has 0 bridgehead atoms. The second-order valence-corrected chi connectivity index (χ2v) is 5.33. The molecule has 0 aliphatic carbocycles. The van der Waals surface area contributed by atoms with Crippen molar-refractivity contribution in [3.8, 4) is 6.07 Å². The Morgan fingerprint density at radius 1 is 1.57 bits per heavy atom. The van der Waals surface area contributed by atoms with E-state index in [1.54, 1.807) is 6.92 Å². The molecule has 0 saturated heterocycles. The molecule has 0 unspecified atom stereocenters. The number of carbonyl (C=O) groups is 1. The number of rotatable bonds is 4. The molecule has 5 nitrogen and oxygen atoms in total. The first kappa shape index (κ1) is 15.1. The van der Waals surface area contributed by atoms with Gasteiger partial charge in [-0.2, -0.15) is 5.26 Å². The van der Waals surface area contributed by atoms with E-state index in [2.05, 4.69) is 6.07 Å². The first-order valence-electron chi connectivity index (χ1n) is 6.65. The van der Waals surface area contributed by atoms with Gasteiger partial charge in [-0.15, -0.1) is 11.3 Å². The summed E-state index contributed by atoms with van der Waals surface area (Å²) in [4.78, 5) is 13.2. The van der Waals surface area contributed by atoms with E-state index in [0.29, 0.717) is 17.8 Å². The molecule has 1 aliphatic rings. The van der Waals surface area contributed by atoms with Gasteiger partial charge in [0, 0.05) is 11.3 Å². The van der Waals surface area contributed by atoms with Crippen LogP contribution >= 0.6 is 11.3 Å². The maximum absolute atomic E-state index is 12.3. The maximum Gasteiger partial charge on any atom is 0.338 e. The lowest BCUT2D eigenvalue weighted by atomic mass is 9.87. The number of allylic oxidation sites excluding steroid dienone is 2. The molecule has 0 amide bonds. The predicted octanol–water partition coefficient (Wildman–Crippen LogP) is 2.78. The first-order chi connectivity index (χ1) is 10.1. The van der Waals surface area contributed by atoms with Crippen molar-refractivity contribution < 1.29 is 14.3 Å². The minimum Gasteiger partial charge on any atom is -0.463 e. The Labute approximate surface area is 127 Å². The Kier molecular flexibility index (Phi) is 4.66. The van der Waals surface area contributed by atoms with E-state index in [1.807, 2.05) is 24.4 Å². The van der Waals surface area contributed by atoms with Gasteiger partial charge in [-0.3, -0.25) is 0 Å². The maximum atomic E-state index is 12.3. The van der Waals surface area contributed by atoms with Gasteiger partial charge >= 0.3 is 5.97 Å². The van der Waals surface area contributed by atoms with Crippen molar-refractivity contribution in [2.24, 2.45) is 5.73 Å². The highest BCUT2D eigenvalue weighted by Gasteiger charge is 2.37. The van der Waals surface area contributed by atoms with Gasteiger partial charge in [0.25, 0.3) is 0 Å². The molecule has 1 aromatic heterocycles. The molecule has 1 aliphatic heterocycles. The number of nitriles is 1. The van der Waals surface area contributed by atoms with Gasteiger partial charge in [-0.1, -0.05) is 13.0 Å². The minimum absolute atomic E-state index is 0.0563. The number of hydrogen-bond acceptors (Lipinski definition) is 6. The number of thiophene rings is 1. The van der Waals surface area contributed by atoms with Crippen molar-refractivity contribution in [2.45, 2.75) is 26.2 Å². The number of nitrogens with zero attached hydrogens (tertiary/aromatic N) is 1. The lowest BCUT2D eigenvalue weighted by molar-refractivity contribution is -0.139. The van der Waals surface area contributed by atoms with Crippen LogP contribution in [-0.2, 0) is 14.3 Å². The summed E-state index contributed by atoms with van der Waals surface area (Å²) in [6, 6.07) is 5.80. The molecule has 0 saturated carbocycles. The fourth-order valence-electron chi connectivity index (χ4n) is 2.25. The summed E-state index contributed by atoms with van der Waals surface area (Å²) in [7, 11) is 0. The summed E-state index contributed by atoms with van der Waals surface area (Å²) in [6.45, 7) is 3.87. The lowest BCUT2D eigenvalue weighted by Crippen LogP contribution is -2.25. The fourth-order valence-corrected chi connectivity index (χ4v) is 3.10. The zero-order valence-corrected chi connectivity index (χ0v) is 12.7. The number of nitrogens with two attached hydrogens (primary N) is 1. The third-order valence-corrected chi connectivity index (χ3v) is 4.08. The quantitative estimate of drug-likeness (QED) is 0.864. The Bertz CT molecular complexity index is 638. The second kappa shape index (κ2) is 6.46. The van der Waals surface area contributed by atoms with Crippen molar-refractivity contribution in [1.29, 1.82) is 5.26 Å². The number of esters is 1. The van der Waals surface area contributed by atoms with Crippen molar-refractivity contribution in [2.75, 3.05) is 6.61 Å². The smallest absolute Gasteiger partial charge is 0.338 e. The molecule has 110 valence electrons. The van der Waals surface area contributed by atoms with Crippen molar-refractivity contribution in [3.63, 3.8) is 0 Å². The number of ether oxygens (including phenoxy) is 2. The van der Waals surface area contributed by atoms with Gasteiger partial charge in [0.2, 0.25) is 5.88 Å². The van der Waals surface area contributed by atoms with E-state index >= 15 is 0 Å². The van der Waals surface area contributed by atoms with Crippen LogP contribution < -0.4 is 5.73 Å². The molecular formula is C15H16N2O3S. The lowest BCUT2D eigenvalue weighted by Gasteiger charge is -2.26. The zero-order valence-electron chi connectivity index (χ0n) is 11.9. The zero-order chi connectivity index (χ0) is 15.4. The highest BCUT2D eigenvalue weighted by Crippen LogP contribution is 2.41. The SMILES string of the molecule is CCOC(=O)C1=C(CC)OC(N)=C(C#N)[C@H]1c1cccs1. The van der Waals surface area contributed by atoms with Crippen molar-refractivity contribution in [1.82, 2.24) is 0 Å². The van der Waals surface area contributed by atoms with Gasteiger partial charge in [-0.05, 0) is 18.4 Å². The summed E-state index contributed by atoms with van der Waals surface area (Å²) in [5.74, 6) is -0.463. The molecular weight excluding hydrogens is 288 g/mol. The van der Waals surface area contributed by atoms with Gasteiger partial charge in [0.15, 0.2) is 0 Å². The molecule has 2 N–H and O–H groups in total. The number of carbonyl (C=O) groups excluding carboxylic acids is 1. The van der Waals surface area contributed by atoms with E-state index in [-0.39, 0.29) is 18.1 Å². The predicted molar refractivity (Wildman–Crippen MR) is 78.9 cm³/mol. The first-order valence-corrected chi connectivity index (χ1v) is 7.53. The van der Waals surface area contributed by atoms with Crippen LogP contribution in [0.15, 0.2) is 40.3 Å². The Balaban J connectivity index is 2.59. The molecule has 0 fully saturated rings. The largest absolute Gasteiger partial charge is 0.463 e. The third kappa shape index (κ3) is 2.78. The van der Waals surface area contributed by atoms with Crippen LogP contribution in [-0.4, -0.2) is 12.6 Å². The minimum atomic E-state index is -0.516. The summed E-state index contributed by atoms with van der Waals surface area (Å²) in [6.07, 6.45) is 0.495. The van der Waals surface area contributed by atoms with Crippen LogP contribution in [0.4, 0.5) is 0 Å². The molecule has 0 spiro atoms. The highest BCUT2D eigenvalue weighted by atomic mass is 32.1. The third-order valence-electron chi connectivity index (χ3n) is 3.14. The van der Waals surface area contributed by atoms with Gasteiger partial charge in [-0.25, -0.2) is 4.79 Å². The molecule has 1 aromatic rings. The molecule has 6 heteroatoms. The van der Waals surface area contributed by atoms with Gasteiger partial charge in [0.05, 0.1) is 18.1 Å². The van der Waals surface area contributed by atoms with Crippen LogP contribution in [0.25, 0.3) is 0 Å². The van der Waals surface area contributed by atoms with Crippen LogP contribution in [0.5, 0.6) is 0 Å². The Morgan fingerprint density at radius 2 is 2.33 bits per heavy atom. The molecule has 2 heterocycles. The fraction of sp³-hybridized carbons (Fsp3) is 0.333. The van der Waals surface area contributed by atoms with Crippen molar-refractivity contribution >= 4 is 17.3 Å². The summed E-state index contributed by atoms with van der Waals surface area (Å²) in [5, 5.41) is 11.3. The monoisotopic (exact) mass is 304 g/mol.